The van der Waals surface area contributed by atoms with Crippen molar-refractivity contribution in [2.24, 2.45) is 0 Å². The molecule has 0 bridgehead atoms. The molecule has 2 heterocycles. The molecule has 0 aliphatic heterocycles. The molecule has 0 fully saturated rings. The number of aryl methyl sites for hydroxylation is 2. The molecule has 2 amide bonds. The van der Waals surface area contributed by atoms with E-state index in [9.17, 15) is 9.59 Å². The predicted octanol–water partition coefficient (Wildman–Crippen LogP) is 9.32. The smallest absolute Gasteiger partial charge is 0.217 e. The number of amides is 2. The Kier molecular flexibility index (Phi) is 10.8. The van der Waals surface area contributed by atoms with Crippen molar-refractivity contribution in [3.05, 3.63) is 140 Å². The molecule has 6 aromatic rings. The first kappa shape index (κ1) is 33.2. The number of aromatic nitrogens is 2. The van der Waals surface area contributed by atoms with Crippen molar-refractivity contribution in [1.29, 1.82) is 0 Å². The van der Waals surface area contributed by atoms with Gasteiger partial charge in [-0.05, 0) is 85.3 Å². The number of hydrogen-bond acceptors (Lipinski definition) is 2. The van der Waals surface area contributed by atoms with Gasteiger partial charge in [0, 0.05) is 56.0 Å². The first-order chi connectivity index (χ1) is 22.1. The molecule has 4 aromatic carbocycles. The van der Waals surface area contributed by atoms with Gasteiger partial charge in [-0.1, -0.05) is 92.5 Å². The molecule has 6 nitrogen and oxygen atoms in total. The summed E-state index contributed by atoms with van der Waals surface area (Å²) < 4.78 is 2.11. The molecule has 0 aliphatic rings. The Labute approximate surface area is 286 Å². The topological polar surface area (TPSA) is 89.8 Å². The fourth-order valence-corrected chi connectivity index (χ4v) is 6.73. The van der Waals surface area contributed by atoms with Crippen LogP contribution < -0.4 is 10.6 Å². The zero-order valence-corrected chi connectivity index (χ0v) is 29.6. The standard InChI is InChI=1S/2C19H19BrN2O/c2*1-12-16(17-10-15(20)8-9-18(17)21-12)11-19(22-13(2)23)14-6-4-3-5-7-14/h2*3-10,19,21H,11H2,1-2H3,(H,22,23)/t2*19-/m00/s1. The monoisotopic (exact) mass is 740 g/mol. The largest absolute Gasteiger partial charge is 0.358 e. The molecule has 236 valence electrons. The minimum absolute atomic E-state index is 0.0162. The van der Waals surface area contributed by atoms with E-state index < -0.39 is 0 Å². The second-order valence-corrected chi connectivity index (χ2v) is 13.4. The molecule has 46 heavy (non-hydrogen) atoms. The number of aromatic amines is 2. The summed E-state index contributed by atoms with van der Waals surface area (Å²) in [5.41, 5.74) is 9.24. The SMILES string of the molecule is CC(=O)N[C@@H](Cc1c(C)[nH]c2ccc(Br)cc12)c1ccccc1.CC(=O)N[C@@H](Cc1c(C)[nH]c2ccc(Br)cc12)c1ccccc1. The van der Waals surface area contributed by atoms with E-state index in [0.29, 0.717) is 0 Å². The van der Waals surface area contributed by atoms with Crippen molar-refractivity contribution >= 4 is 65.5 Å². The van der Waals surface area contributed by atoms with E-state index in [2.05, 4.69) is 115 Å². The minimum Gasteiger partial charge on any atom is -0.358 e. The van der Waals surface area contributed by atoms with E-state index in [1.165, 1.54) is 21.9 Å². The van der Waals surface area contributed by atoms with Gasteiger partial charge in [-0.25, -0.2) is 0 Å². The van der Waals surface area contributed by atoms with Crippen molar-refractivity contribution in [2.75, 3.05) is 0 Å². The van der Waals surface area contributed by atoms with Crippen molar-refractivity contribution in [3.8, 4) is 0 Å². The van der Waals surface area contributed by atoms with E-state index in [4.69, 9.17) is 0 Å². The Morgan fingerprint density at radius 2 is 0.978 bits per heavy atom. The number of H-pyrrole nitrogens is 2. The molecule has 4 N–H and O–H groups in total. The van der Waals surface area contributed by atoms with E-state index in [1.54, 1.807) is 13.8 Å². The van der Waals surface area contributed by atoms with Gasteiger partial charge >= 0.3 is 0 Å². The lowest BCUT2D eigenvalue weighted by molar-refractivity contribution is -0.120. The predicted molar refractivity (Wildman–Crippen MR) is 195 cm³/mol. The Morgan fingerprint density at radius 1 is 0.609 bits per heavy atom. The highest BCUT2D eigenvalue weighted by atomic mass is 79.9. The summed E-state index contributed by atoms with van der Waals surface area (Å²) in [5.74, 6) is -0.0324. The van der Waals surface area contributed by atoms with Crippen LogP contribution in [0.15, 0.2) is 106 Å². The Balaban J connectivity index is 0.000000181. The molecule has 2 atom stereocenters. The van der Waals surface area contributed by atoms with E-state index in [-0.39, 0.29) is 23.9 Å². The maximum atomic E-state index is 11.6. The zero-order chi connectivity index (χ0) is 32.8. The van der Waals surface area contributed by atoms with Gasteiger partial charge in [-0.2, -0.15) is 0 Å². The molecule has 0 saturated carbocycles. The third-order valence-corrected chi connectivity index (χ3v) is 9.13. The summed E-state index contributed by atoms with van der Waals surface area (Å²) in [7, 11) is 0. The van der Waals surface area contributed by atoms with Crippen molar-refractivity contribution < 1.29 is 9.59 Å². The summed E-state index contributed by atoms with van der Waals surface area (Å²) in [6, 6.07) is 32.6. The fourth-order valence-electron chi connectivity index (χ4n) is 6.01. The zero-order valence-electron chi connectivity index (χ0n) is 26.4. The molecular formula is C38H38Br2N4O2. The number of hydrogen-bond donors (Lipinski definition) is 4. The van der Waals surface area contributed by atoms with E-state index in [1.807, 2.05) is 48.5 Å². The number of fused-ring (bicyclic) bond motifs is 2. The highest BCUT2D eigenvalue weighted by Crippen LogP contribution is 2.31. The van der Waals surface area contributed by atoms with Gasteiger partial charge in [0.15, 0.2) is 0 Å². The Hall–Kier alpha value is -4.14. The van der Waals surface area contributed by atoms with Crippen LogP contribution in [0.5, 0.6) is 0 Å². The van der Waals surface area contributed by atoms with Crippen LogP contribution in [0.1, 0.15) is 59.6 Å². The van der Waals surface area contributed by atoms with Crippen LogP contribution in [0.25, 0.3) is 21.8 Å². The van der Waals surface area contributed by atoms with Gasteiger partial charge in [0.1, 0.15) is 0 Å². The van der Waals surface area contributed by atoms with Crippen LogP contribution in [-0.4, -0.2) is 21.8 Å². The van der Waals surface area contributed by atoms with Crippen LogP contribution in [0, 0.1) is 13.8 Å². The minimum atomic E-state index is -0.0367. The van der Waals surface area contributed by atoms with Gasteiger partial charge in [0.2, 0.25) is 11.8 Å². The molecule has 6 rings (SSSR count). The lowest BCUT2D eigenvalue weighted by atomic mass is 9.97. The molecule has 0 radical (unpaired) electrons. The summed E-state index contributed by atoms with van der Waals surface area (Å²) in [6.45, 7) is 7.29. The van der Waals surface area contributed by atoms with E-state index in [0.717, 1.165) is 55.3 Å². The molecular weight excluding hydrogens is 704 g/mol. The second kappa shape index (κ2) is 15.0. The third-order valence-electron chi connectivity index (χ3n) is 8.14. The molecule has 0 aliphatic carbocycles. The first-order valence-electron chi connectivity index (χ1n) is 15.3. The maximum absolute atomic E-state index is 11.6. The van der Waals surface area contributed by atoms with Crippen molar-refractivity contribution in [2.45, 2.75) is 52.6 Å². The molecule has 0 unspecified atom stereocenters. The number of rotatable bonds is 8. The Bertz CT molecular complexity index is 1820. The highest BCUT2D eigenvalue weighted by Gasteiger charge is 2.19. The van der Waals surface area contributed by atoms with Gasteiger partial charge < -0.3 is 20.6 Å². The molecule has 0 saturated heterocycles. The number of carbonyl (C=O) groups is 2. The van der Waals surface area contributed by atoms with Crippen LogP contribution >= 0.6 is 31.9 Å². The first-order valence-corrected chi connectivity index (χ1v) is 16.8. The summed E-state index contributed by atoms with van der Waals surface area (Å²) in [6.07, 6.45) is 1.51. The van der Waals surface area contributed by atoms with Gasteiger partial charge in [-0.3, -0.25) is 9.59 Å². The van der Waals surface area contributed by atoms with E-state index >= 15 is 0 Å². The van der Waals surface area contributed by atoms with Gasteiger partial charge in [0.25, 0.3) is 0 Å². The number of carbonyl (C=O) groups excluding carboxylic acids is 2. The quantitative estimate of drug-likeness (QED) is 0.125. The normalized spacial score (nSPS) is 12.3. The van der Waals surface area contributed by atoms with Crippen molar-refractivity contribution in [1.82, 2.24) is 20.6 Å². The average molecular weight is 743 g/mol. The summed E-state index contributed by atoms with van der Waals surface area (Å²) in [4.78, 5) is 30.1. The maximum Gasteiger partial charge on any atom is 0.217 e. The van der Waals surface area contributed by atoms with Crippen LogP contribution in [0.2, 0.25) is 0 Å². The third kappa shape index (κ3) is 8.17. The van der Waals surface area contributed by atoms with Crippen LogP contribution in [-0.2, 0) is 22.4 Å². The fraction of sp³-hybridized carbons (Fsp3) is 0.211. The summed E-state index contributed by atoms with van der Waals surface area (Å²) in [5, 5.41) is 8.55. The summed E-state index contributed by atoms with van der Waals surface area (Å²) >= 11 is 7.09. The lowest BCUT2D eigenvalue weighted by Crippen LogP contribution is -2.27. The Morgan fingerprint density at radius 3 is 1.33 bits per heavy atom. The second-order valence-electron chi connectivity index (χ2n) is 11.6. The van der Waals surface area contributed by atoms with Gasteiger partial charge in [-0.15, -0.1) is 0 Å². The number of nitrogens with one attached hydrogen (secondary N) is 4. The highest BCUT2D eigenvalue weighted by molar-refractivity contribution is 9.10. The molecule has 0 spiro atoms. The molecule has 2 aromatic heterocycles. The molecule has 8 heteroatoms. The number of halogens is 2. The average Bonchev–Trinajstić information content (AvgIpc) is 3.51. The van der Waals surface area contributed by atoms with Crippen molar-refractivity contribution in [3.63, 3.8) is 0 Å². The van der Waals surface area contributed by atoms with Crippen LogP contribution in [0.4, 0.5) is 0 Å². The van der Waals surface area contributed by atoms with Gasteiger partial charge in [0.05, 0.1) is 12.1 Å². The lowest BCUT2D eigenvalue weighted by Gasteiger charge is -2.19. The van der Waals surface area contributed by atoms with Crippen LogP contribution in [0.3, 0.4) is 0 Å². The number of benzene rings is 4.